The summed E-state index contributed by atoms with van der Waals surface area (Å²) in [5.41, 5.74) is 0. The largest absolute Gasteiger partial charge is 0.479 e. The second-order valence-corrected chi connectivity index (χ2v) is 21.0. The number of carbonyl (C=O) groups excluding carboxylic acids is 3. The Labute approximate surface area is 433 Å². The summed E-state index contributed by atoms with van der Waals surface area (Å²) < 4.78 is 28.4. The van der Waals surface area contributed by atoms with Gasteiger partial charge in [-0.2, -0.15) is 0 Å². The summed E-state index contributed by atoms with van der Waals surface area (Å²) in [6, 6.07) is 0. The second kappa shape index (κ2) is 48.6. The summed E-state index contributed by atoms with van der Waals surface area (Å²) in [5.74, 6) is -3.08. The smallest absolute Gasteiger partial charge is 0.335 e. The number of aliphatic hydroxyl groups is 2. The molecule has 0 saturated carbocycles. The molecule has 1 fully saturated rings. The minimum Gasteiger partial charge on any atom is -0.479 e. The Kier molecular flexibility index (Phi) is 45.7. The van der Waals surface area contributed by atoms with E-state index < -0.39 is 67.3 Å². The van der Waals surface area contributed by atoms with Crippen LogP contribution in [0.15, 0.2) is 0 Å². The Morgan fingerprint density at radius 3 is 1.06 bits per heavy atom. The van der Waals surface area contributed by atoms with Crippen molar-refractivity contribution in [1.29, 1.82) is 0 Å². The number of aliphatic carboxylic acids is 1. The molecule has 3 N–H and O–H groups in total. The summed E-state index contributed by atoms with van der Waals surface area (Å²) >= 11 is 0. The molecule has 12 heteroatoms. The van der Waals surface area contributed by atoms with Gasteiger partial charge in [-0.15, -0.1) is 0 Å². The van der Waals surface area contributed by atoms with E-state index in [2.05, 4.69) is 20.8 Å². The Hall–Kier alpha value is -2.28. The molecular formula is C59H110O12. The normalized spacial score (nSPS) is 18.4. The van der Waals surface area contributed by atoms with E-state index in [4.69, 9.17) is 23.7 Å². The lowest BCUT2D eigenvalue weighted by Crippen LogP contribution is -2.61. The van der Waals surface area contributed by atoms with Gasteiger partial charge in [0.15, 0.2) is 24.6 Å². The van der Waals surface area contributed by atoms with Crippen molar-refractivity contribution in [2.45, 2.75) is 340 Å². The van der Waals surface area contributed by atoms with Gasteiger partial charge in [0.25, 0.3) is 0 Å². The molecule has 1 rings (SSSR count). The van der Waals surface area contributed by atoms with Gasteiger partial charge in [0.1, 0.15) is 18.8 Å². The number of aliphatic hydroxyl groups excluding tert-OH is 2. The second-order valence-electron chi connectivity index (χ2n) is 21.0. The van der Waals surface area contributed by atoms with Crippen LogP contribution in [0, 0.1) is 0 Å². The number of carbonyl (C=O) groups is 4. The maximum Gasteiger partial charge on any atom is 0.335 e. The van der Waals surface area contributed by atoms with Crippen LogP contribution in [-0.2, 0) is 42.9 Å². The fourth-order valence-electron chi connectivity index (χ4n) is 9.55. The molecule has 0 aromatic carbocycles. The molecule has 71 heavy (non-hydrogen) atoms. The van der Waals surface area contributed by atoms with Crippen LogP contribution in [0.25, 0.3) is 0 Å². The monoisotopic (exact) mass is 1010 g/mol. The summed E-state index contributed by atoms with van der Waals surface area (Å²) in [7, 11) is 0. The van der Waals surface area contributed by atoms with Crippen LogP contribution in [0.5, 0.6) is 0 Å². The number of hydrogen-bond acceptors (Lipinski definition) is 11. The number of rotatable bonds is 52. The highest BCUT2D eigenvalue weighted by Crippen LogP contribution is 2.27. The molecule has 0 spiro atoms. The van der Waals surface area contributed by atoms with E-state index in [1.165, 1.54) is 186 Å². The number of carboxylic acid groups (broad SMARTS) is 1. The first kappa shape index (κ1) is 66.7. The molecule has 1 aliphatic rings. The maximum atomic E-state index is 13.1. The average Bonchev–Trinajstić information content (AvgIpc) is 3.35. The van der Waals surface area contributed by atoms with E-state index in [1.54, 1.807) is 0 Å². The fourth-order valence-corrected chi connectivity index (χ4v) is 9.55. The Balaban J connectivity index is 2.60. The lowest BCUT2D eigenvalue weighted by atomic mass is 9.98. The van der Waals surface area contributed by atoms with Gasteiger partial charge >= 0.3 is 23.9 Å². The van der Waals surface area contributed by atoms with Crippen molar-refractivity contribution in [3.8, 4) is 0 Å². The van der Waals surface area contributed by atoms with Crippen LogP contribution in [0.3, 0.4) is 0 Å². The van der Waals surface area contributed by atoms with Crippen molar-refractivity contribution in [3.05, 3.63) is 0 Å². The molecule has 6 unspecified atom stereocenters. The minimum atomic E-state index is -1.89. The predicted molar refractivity (Wildman–Crippen MR) is 285 cm³/mol. The van der Waals surface area contributed by atoms with Crippen LogP contribution in [0.4, 0.5) is 0 Å². The molecule has 6 atom stereocenters. The van der Waals surface area contributed by atoms with Crippen molar-refractivity contribution >= 4 is 23.9 Å². The standard InChI is InChI=1S/C59H110O12/c1-4-7-10-13-16-19-21-23-24-25-26-27-28-30-32-35-38-41-44-47-53(62)70-57-55(64)54(63)56(58(65)66)71-59(57)68-49-50(69-52(61)46-43-40-37-33-18-15-12-9-6-3)48-67-51(60)45-42-39-36-34-31-29-22-20-17-14-11-8-5-2/h50,54-57,59,63-64H,4-49H2,1-3H3,(H,65,66). The maximum absolute atomic E-state index is 13.1. The SMILES string of the molecule is CCCCCCCCCCCCCCCCCCCCCC(=O)OC1C(OCC(COC(=O)CCCCCCCCCCCCCCC)OC(=O)CCCCCCCCCCC)OC(C(=O)O)C(O)C1O. The molecule has 0 aromatic rings. The van der Waals surface area contributed by atoms with Crippen LogP contribution < -0.4 is 0 Å². The zero-order valence-corrected chi connectivity index (χ0v) is 46.0. The van der Waals surface area contributed by atoms with Crippen molar-refractivity contribution in [2.24, 2.45) is 0 Å². The van der Waals surface area contributed by atoms with Crippen molar-refractivity contribution in [2.75, 3.05) is 13.2 Å². The number of hydrogen-bond donors (Lipinski definition) is 3. The summed E-state index contributed by atoms with van der Waals surface area (Å²) in [6.45, 7) is 6.01. The molecule has 1 aliphatic heterocycles. The van der Waals surface area contributed by atoms with Crippen molar-refractivity contribution in [1.82, 2.24) is 0 Å². The van der Waals surface area contributed by atoms with Crippen LogP contribution >= 0.6 is 0 Å². The van der Waals surface area contributed by atoms with Gasteiger partial charge < -0.3 is 39.0 Å². The zero-order valence-electron chi connectivity index (χ0n) is 46.0. The molecular weight excluding hydrogens is 901 g/mol. The number of unbranched alkanes of at least 4 members (excludes halogenated alkanes) is 38. The molecule has 418 valence electrons. The highest BCUT2D eigenvalue weighted by Gasteiger charge is 2.50. The molecule has 0 bridgehead atoms. The first-order valence-corrected chi connectivity index (χ1v) is 30.0. The average molecular weight is 1010 g/mol. The van der Waals surface area contributed by atoms with Crippen LogP contribution in [0.2, 0.25) is 0 Å². The van der Waals surface area contributed by atoms with E-state index in [1.807, 2.05) is 0 Å². The molecule has 1 saturated heterocycles. The molecule has 12 nitrogen and oxygen atoms in total. The van der Waals surface area contributed by atoms with Crippen LogP contribution in [-0.4, -0.2) is 89.2 Å². The van der Waals surface area contributed by atoms with Gasteiger partial charge in [0.05, 0.1) is 6.61 Å². The van der Waals surface area contributed by atoms with Crippen molar-refractivity contribution in [3.63, 3.8) is 0 Å². The quantitative estimate of drug-likeness (QED) is 0.0299. The van der Waals surface area contributed by atoms with Gasteiger partial charge in [-0.25, -0.2) is 4.79 Å². The molecule has 1 heterocycles. The van der Waals surface area contributed by atoms with E-state index in [-0.39, 0.29) is 25.9 Å². The molecule has 0 aromatic heterocycles. The lowest BCUT2D eigenvalue weighted by molar-refractivity contribution is -0.301. The van der Waals surface area contributed by atoms with Crippen LogP contribution in [0.1, 0.15) is 303 Å². The number of esters is 3. The highest BCUT2D eigenvalue weighted by atomic mass is 16.7. The fraction of sp³-hybridized carbons (Fsp3) is 0.932. The molecule has 0 radical (unpaired) electrons. The first-order chi connectivity index (χ1) is 34.6. The first-order valence-electron chi connectivity index (χ1n) is 30.0. The Morgan fingerprint density at radius 1 is 0.408 bits per heavy atom. The van der Waals surface area contributed by atoms with E-state index in [0.717, 1.165) is 57.8 Å². The van der Waals surface area contributed by atoms with Crippen molar-refractivity contribution < 1.29 is 58.2 Å². The molecule has 0 aliphatic carbocycles. The Bertz CT molecular complexity index is 1250. The van der Waals surface area contributed by atoms with Gasteiger partial charge in [-0.3, -0.25) is 14.4 Å². The van der Waals surface area contributed by atoms with Gasteiger partial charge in [0, 0.05) is 19.3 Å². The van der Waals surface area contributed by atoms with Gasteiger partial charge in [0.2, 0.25) is 0 Å². The summed E-state index contributed by atoms with van der Waals surface area (Å²) in [6.07, 6.45) is 39.4. The zero-order chi connectivity index (χ0) is 51.8. The third-order valence-corrected chi connectivity index (χ3v) is 14.2. The lowest BCUT2D eigenvalue weighted by Gasteiger charge is -2.40. The minimum absolute atomic E-state index is 0.0710. The van der Waals surface area contributed by atoms with E-state index in [9.17, 15) is 34.5 Å². The summed E-state index contributed by atoms with van der Waals surface area (Å²) in [5, 5.41) is 31.4. The highest BCUT2D eigenvalue weighted by molar-refractivity contribution is 5.74. The summed E-state index contributed by atoms with van der Waals surface area (Å²) in [4.78, 5) is 51.0. The topological polar surface area (TPSA) is 175 Å². The predicted octanol–water partition coefficient (Wildman–Crippen LogP) is 15.1. The Morgan fingerprint density at radius 2 is 0.718 bits per heavy atom. The van der Waals surface area contributed by atoms with E-state index in [0.29, 0.717) is 19.3 Å². The molecule has 0 amide bonds. The van der Waals surface area contributed by atoms with Gasteiger partial charge in [-0.1, -0.05) is 265 Å². The number of ether oxygens (including phenoxy) is 5. The number of carboxylic acids is 1. The third kappa shape index (κ3) is 38.9. The third-order valence-electron chi connectivity index (χ3n) is 14.2. The van der Waals surface area contributed by atoms with E-state index >= 15 is 0 Å². The van der Waals surface area contributed by atoms with Gasteiger partial charge in [-0.05, 0) is 19.3 Å².